The van der Waals surface area contributed by atoms with Gasteiger partial charge in [-0.15, -0.1) is 0 Å². The summed E-state index contributed by atoms with van der Waals surface area (Å²) >= 11 is 0. The second-order valence-corrected chi connectivity index (χ2v) is 5.73. The highest BCUT2D eigenvalue weighted by atomic mass is 16.5. The number of rotatable bonds is 7. The third-order valence-electron chi connectivity index (χ3n) is 3.93. The van der Waals surface area contributed by atoms with E-state index < -0.39 is 5.97 Å². The number of hydrogen-bond acceptors (Lipinski definition) is 4. The number of aliphatic hydroxyl groups excluding tert-OH is 1. The first-order valence-electron chi connectivity index (χ1n) is 7.81. The number of aliphatic carboxylic acids is 1. The van der Waals surface area contributed by atoms with E-state index in [1.807, 2.05) is 30.3 Å². The zero-order chi connectivity index (χ0) is 17.8. The summed E-state index contributed by atoms with van der Waals surface area (Å²) < 4.78 is 11.1. The van der Waals surface area contributed by atoms with E-state index in [-0.39, 0.29) is 13.0 Å². The molecule has 0 bridgehead atoms. The molecule has 0 aliphatic rings. The van der Waals surface area contributed by atoms with Crippen LogP contribution in [-0.2, 0) is 24.4 Å². The molecule has 1 aromatic heterocycles. The molecule has 0 fully saturated rings. The zero-order valence-corrected chi connectivity index (χ0v) is 13.8. The Morgan fingerprint density at radius 2 is 1.92 bits per heavy atom. The molecule has 0 aliphatic heterocycles. The predicted molar refractivity (Wildman–Crippen MR) is 92.9 cm³/mol. The van der Waals surface area contributed by atoms with E-state index in [4.69, 9.17) is 14.6 Å². The number of aliphatic hydroxyl groups is 1. The average Bonchev–Trinajstić information content (AvgIpc) is 3.01. The highest BCUT2D eigenvalue weighted by molar-refractivity contribution is 5.87. The van der Waals surface area contributed by atoms with Crippen molar-refractivity contribution < 1.29 is 24.5 Å². The third-order valence-corrected chi connectivity index (χ3v) is 3.93. The molecule has 3 rings (SSSR count). The van der Waals surface area contributed by atoms with Crippen molar-refractivity contribution in [3.63, 3.8) is 0 Å². The highest BCUT2D eigenvalue weighted by Crippen LogP contribution is 2.25. The molecule has 0 unspecified atom stereocenters. The molecular formula is C19H19NO5. The Morgan fingerprint density at radius 3 is 2.64 bits per heavy atom. The maximum Gasteiger partial charge on any atom is 0.307 e. The fourth-order valence-electron chi connectivity index (χ4n) is 2.74. The fraction of sp³-hybridized carbons (Fsp3) is 0.211. The quantitative estimate of drug-likeness (QED) is 0.614. The van der Waals surface area contributed by atoms with E-state index in [0.29, 0.717) is 18.1 Å². The van der Waals surface area contributed by atoms with Crippen LogP contribution < -0.4 is 9.47 Å². The number of fused-ring (bicyclic) bond motifs is 1. The van der Waals surface area contributed by atoms with Gasteiger partial charge in [-0.1, -0.05) is 0 Å². The van der Waals surface area contributed by atoms with Gasteiger partial charge < -0.3 is 24.7 Å². The molecule has 2 aromatic carbocycles. The first-order chi connectivity index (χ1) is 12.1. The summed E-state index contributed by atoms with van der Waals surface area (Å²) in [5.41, 5.74) is 3.22. The number of aromatic amines is 1. The van der Waals surface area contributed by atoms with E-state index in [0.717, 1.165) is 27.6 Å². The molecular weight excluding hydrogens is 322 g/mol. The molecule has 0 aliphatic carbocycles. The summed E-state index contributed by atoms with van der Waals surface area (Å²) in [5, 5.41) is 19.1. The number of carbonyl (C=O) groups is 1. The molecule has 0 radical (unpaired) electrons. The SMILES string of the molecule is COc1cc(CO)cc(COc2ccc3[nH]cc(CC(=O)O)c3c2)c1. The first kappa shape index (κ1) is 16.9. The molecule has 0 spiro atoms. The number of H-pyrrole nitrogens is 1. The lowest BCUT2D eigenvalue weighted by molar-refractivity contribution is -0.136. The van der Waals surface area contributed by atoms with Crippen molar-refractivity contribution in [2.45, 2.75) is 19.6 Å². The van der Waals surface area contributed by atoms with Crippen LogP contribution in [0.2, 0.25) is 0 Å². The molecule has 0 saturated heterocycles. The molecule has 25 heavy (non-hydrogen) atoms. The van der Waals surface area contributed by atoms with Crippen LogP contribution in [0.1, 0.15) is 16.7 Å². The first-order valence-corrected chi connectivity index (χ1v) is 7.81. The van der Waals surface area contributed by atoms with Gasteiger partial charge in [0.15, 0.2) is 0 Å². The molecule has 0 saturated carbocycles. The number of carboxylic acid groups (broad SMARTS) is 1. The van der Waals surface area contributed by atoms with E-state index >= 15 is 0 Å². The van der Waals surface area contributed by atoms with Crippen LogP contribution in [0.3, 0.4) is 0 Å². The zero-order valence-electron chi connectivity index (χ0n) is 13.8. The number of benzene rings is 2. The van der Waals surface area contributed by atoms with Gasteiger partial charge in [-0.2, -0.15) is 0 Å². The Hall–Kier alpha value is -2.99. The molecule has 3 aromatic rings. The smallest absolute Gasteiger partial charge is 0.307 e. The Labute approximate surface area is 144 Å². The summed E-state index contributed by atoms with van der Waals surface area (Å²) in [6.45, 7) is 0.243. The van der Waals surface area contributed by atoms with Gasteiger partial charge in [-0.05, 0) is 53.1 Å². The van der Waals surface area contributed by atoms with Crippen LogP contribution in [0.25, 0.3) is 10.9 Å². The number of nitrogens with one attached hydrogen (secondary N) is 1. The van der Waals surface area contributed by atoms with Crippen LogP contribution in [-0.4, -0.2) is 28.3 Å². The van der Waals surface area contributed by atoms with Crippen LogP contribution in [0.5, 0.6) is 11.5 Å². The van der Waals surface area contributed by atoms with Crippen LogP contribution >= 0.6 is 0 Å². The van der Waals surface area contributed by atoms with Crippen molar-refractivity contribution >= 4 is 16.9 Å². The monoisotopic (exact) mass is 341 g/mol. The molecule has 0 amide bonds. The van der Waals surface area contributed by atoms with Crippen molar-refractivity contribution in [3.05, 3.63) is 59.3 Å². The average molecular weight is 341 g/mol. The van der Waals surface area contributed by atoms with Gasteiger partial charge >= 0.3 is 5.97 Å². The van der Waals surface area contributed by atoms with Gasteiger partial charge in [-0.3, -0.25) is 4.79 Å². The van der Waals surface area contributed by atoms with Gasteiger partial charge in [0, 0.05) is 17.1 Å². The minimum atomic E-state index is -0.875. The molecule has 1 heterocycles. The van der Waals surface area contributed by atoms with Crippen LogP contribution in [0, 0.1) is 0 Å². The largest absolute Gasteiger partial charge is 0.497 e. The van der Waals surface area contributed by atoms with E-state index in [9.17, 15) is 9.90 Å². The Bertz CT molecular complexity index is 878. The number of ether oxygens (including phenoxy) is 2. The molecule has 130 valence electrons. The molecule has 0 atom stereocenters. The lowest BCUT2D eigenvalue weighted by atomic mass is 10.1. The normalized spacial score (nSPS) is 10.8. The number of carboxylic acids is 1. The van der Waals surface area contributed by atoms with Crippen molar-refractivity contribution in [2.24, 2.45) is 0 Å². The maximum absolute atomic E-state index is 10.9. The van der Waals surface area contributed by atoms with Gasteiger partial charge in [0.2, 0.25) is 0 Å². The van der Waals surface area contributed by atoms with Crippen LogP contribution in [0.4, 0.5) is 0 Å². The minimum absolute atomic E-state index is 0.0425. The van der Waals surface area contributed by atoms with Gasteiger partial charge in [-0.25, -0.2) is 0 Å². The summed E-state index contributed by atoms with van der Waals surface area (Å²) in [5.74, 6) is 0.433. The Balaban J connectivity index is 1.80. The molecule has 3 N–H and O–H groups in total. The lowest BCUT2D eigenvalue weighted by Gasteiger charge is -2.10. The van der Waals surface area contributed by atoms with Gasteiger partial charge in [0.05, 0.1) is 20.1 Å². The van der Waals surface area contributed by atoms with Crippen molar-refractivity contribution in [3.8, 4) is 11.5 Å². The summed E-state index contributed by atoms with van der Waals surface area (Å²) in [4.78, 5) is 14.0. The van der Waals surface area contributed by atoms with E-state index in [2.05, 4.69) is 4.98 Å². The van der Waals surface area contributed by atoms with Crippen LogP contribution in [0.15, 0.2) is 42.6 Å². The van der Waals surface area contributed by atoms with Gasteiger partial charge in [0.25, 0.3) is 0 Å². The second-order valence-electron chi connectivity index (χ2n) is 5.73. The summed E-state index contributed by atoms with van der Waals surface area (Å²) in [7, 11) is 1.57. The van der Waals surface area contributed by atoms with Crippen molar-refractivity contribution in [1.29, 1.82) is 0 Å². The second kappa shape index (κ2) is 7.27. The molecule has 6 heteroatoms. The number of aromatic nitrogens is 1. The van der Waals surface area contributed by atoms with Crippen molar-refractivity contribution in [2.75, 3.05) is 7.11 Å². The number of methoxy groups -OCH3 is 1. The Kier molecular flexibility index (Phi) is 4.90. The minimum Gasteiger partial charge on any atom is -0.497 e. The maximum atomic E-state index is 10.9. The standard InChI is InChI=1S/C19H19NO5/c1-24-16-5-12(10-21)4-13(6-16)11-25-15-2-3-18-17(8-15)14(9-20-18)7-19(22)23/h2-6,8-9,20-21H,7,10-11H2,1H3,(H,22,23). The van der Waals surface area contributed by atoms with E-state index in [1.54, 1.807) is 19.4 Å². The predicted octanol–water partition coefficient (Wildman–Crippen LogP) is 2.87. The lowest BCUT2D eigenvalue weighted by Crippen LogP contribution is -1.99. The van der Waals surface area contributed by atoms with E-state index in [1.165, 1.54) is 0 Å². The third kappa shape index (κ3) is 3.92. The number of hydrogen-bond donors (Lipinski definition) is 3. The van der Waals surface area contributed by atoms with Crippen molar-refractivity contribution in [1.82, 2.24) is 4.98 Å². The van der Waals surface area contributed by atoms with Gasteiger partial charge in [0.1, 0.15) is 18.1 Å². The molecule has 6 nitrogen and oxygen atoms in total. The fourth-order valence-corrected chi connectivity index (χ4v) is 2.74. The highest BCUT2D eigenvalue weighted by Gasteiger charge is 2.09. The summed E-state index contributed by atoms with van der Waals surface area (Å²) in [6.07, 6.45) is 1.66. The topological polar surface area (TPSA) is 91.8 Å². The summed E-state index contributed by atoms with van der Waals surface area (Å²) in [6, 6.07) is 11.0. The Morgan fingerprint density at radius 1 is 1.12 bits per heavy atom.